The minimum absolute atomic E-state index is 0.0633. The molecule has 1 aliphatic heterocycles. The van der Waals surface area contributed by atoms with E-state index in [1.165, 1.54) is 9.91 Å². The maximum absolute atomic E-state index is 12.8. The van der Waals surface area contributed by atoms with Gasteiger partial charge in [-0.2, -0.15) is 4.98 Å². The van der Waals surface area contributed by atoms with Crippen LogP contribution in [0.25, 0.3) is 11.1 Å². The molecule has 0 saturated carbocycles. The highest BCUT2D eigenvalue weighted by atomic mass is 35.5. The van der Waals surface area contributed by atoms with Gasteiger partial charge in [0.15, 0.2) is 6.10 Å². The number of nitrogens with zero attached hydrogens (tertiary/aromatic N) is 4. The molecule has 4 rings (SSSR count). The molecule has 2 aromatic carbocycles. The molecule has 3 aromatic rings. The number of carboxylic acid groups (broad SMARTS) is 1. The molecular formula is C24H25ClN6O6. The predicted molar refractivity (Wildman–Crippen MR) is 131 cm³/mol. The molecule has 5 N–H and O–H groups in total. The summed E-state index contributed by atoms with van der Waals surface area (Å²) in [5.41, 5.74) is 5.05. The second kappa shape index (κ2) is 11.5. The number of aliphatic hydroxyl groups is 2. The van der Waals surface area contributed by atoms with Gasteiger partial charge in [-0.15, -0.1) is 5.10 Å². The van der Waals surface area contributed by atoms with Crippen molar-refractivity contribution in [3.05, 3.63) is 70.8 Å². The lowest BCUT2D eigenvalue weighted by molar-refractivity contribution is -0.148. The van der Waals surface area contributed by atoms with Gasteiger partial charge in [-0.1, -0.05) is 48.0 Å². The zero-order valence-corrected chi connectivity index (χ0v) is 20.3. The van der Waals surface area contributed by atoms with Crippen LogP contribution in [0.15, 0.2) is 48.5 Å². The number of rotatable bonds is 9. The van der Waals surface area contributed by atoms with Gasteiger partial charge in [-0.05, 0) is 35.2 Å². The molecule has 12 nitrogen and oxygen atoms in total. The van der Waals surface area contributed by atoms with Crippen molar-refractivity contribution < 1.29 is 29.7 Å². The van der Waals surface area contributed by atoms with Crippen LogP contribution in [0.3, 0.4) is 0 Å². The zero-order chi connectivity index (χ0) is 26.5. The smallest absolute Gasteiger partial charge is 0.333 e. The van der Waals surface area contributed by atoms with Gasteiger partial charge in [0.25, 0.3) is 5.91 Å². The number of H-pyrrole nitrogens is 1. The Hall–Kier alpha value is -3.84. The van der Waals surface area contributed by atoms with Gasteiger partial charge in [0.2, 0.25) is 11.6 Å². The Bertz CT molecular complexity index is 1280. The lowest BCUT2D eigenvalue weighted by Gasteiger charge is -2.24. The number of likely N-dealkylation sites (tertiary alicyclic amines) is 1. The molecule has 2 heterocycles. The number of aliphatic hydroxyl groups excluding tert-OH is 2. The SMILES string of the molecule is O=C(NN(Cc1ccc(-c2cccc(Cl)c2)cc1)CC(O)C(=O)O)c1n[nH]c(C(=O)N2CC[C@H](O)C2)n1. The third-order valence-electron chi connectivity index (χ3n) is 5.77. The van der Waals surface area contributed by atoms with E-state index in [1.807, 2.05) is 30.3 Å². The maximum Gasteiger partial charge on any atom is 0.333 e. The Labute approximate surface area is 216 Å². The van der Waals surface area contributed by atoms with E-state index in [0.717, 1.165) is 16.7 Å². The summed E-state index contributed by atoms with van der Waals surface area (Å²) in [6.45, 7) is 0.171. The van der Waals surface area contributed by atoms with E-state index in [0.29, 0.717) is 18.0 Å². The second-order valence-corrected chi connectivity index (χ2v) is 9.02. The first-order valence-electron chi connectivity index (χ1n) is 11.4. The van der Waals surface area contributed by atoms with Crippen molar-refractivity contribution in [2.45, 2.75) is 25.2 Å². The van der Waals surface area contributed by atoms with Gasteiger partial charge in [0, 0.05) is 24.7 Å². The summed E-state index contributed by atoms with van der Waals surface area (Å²) < 4.78 is 0. The van der Waals surface area contributed by atoms with Crippen LogP contribution >= 0.6 is 11.6 Å². The fourth-order valence-electron chi connectivity index (χ4n) is 3.86. The number of amides is 2. The number of halogens is 1. The summed E-state index contributed by atoms with van der Waals surface area (Å²) in [7, 11) is 0. The molecule has 1 saturated heterocycles. The molecule has 0 radical (unpaired) electrons. The lowest BCUT2D eigenvalue weighted by Crippen LogP contribution is -2.47. The van der Waals surface area contributed by atoms with Gasteiger partial charge in [-0.3, -0.25) is 20.1 Å². The normalized spacial score (nSPS) is 16.1. The van der Waals surface area contributed by atoms with Gasteiger partial charge in [0.1, 0.15) is 0 Å². The van der Waals surface area contributed by atoms with Gasteiger partial charge in [-0.25, -0.2) is 9.80 Å². The Morgan fingerprint density at radius 1 is 1.19 bits per heavy atom. The minimum Gasteiger partial charge on any atom is -0.479 e. The number of benzene rings is 2. The highest BCUT2D eigenvalue weighted by molar-refractivity contribution is 6.30. The van der Waals surface area contributed by atoms with Crippen molar-refractivity contribution in [2.75, 3.05) is 19.6 Å². The van der Waals surface area contributed by atoms with E-state index in [-0.39, 0.29) is 24.7 Å². The van der Waals surface area contributed by atoms with Crippen molar-refractivity contribution in [3.8, 4) is 11.1 Å². The van der Waals surface area contributed by atoms with Gasteiger partial charge >= 0.3 is 11.9 Å². The summed E-state index contributed by atoms with van der Waals surface area (Å²) >= 11 is 6.06. The summed E-state index contributed by atoms with van der Waals surface area (Å²) in [5, 5.41) is 36.7. The molecule has 1 aromatic heterocycles. The topological polar surface area (TPSA) is 172 Å². The van der Waals surface area contributed by atoms with E-state index in [1.54, 1.807) is 18.2 Å². The second-order valence-electron chi connectivity index (χ2n) is 8.58. The van der Waals surface area contributed by atoms with Crippen LogP contribution in [0, 0.1) is 0 Å². The standard InChI is InChI=1S/C24H25ClN6O6/c25-17-3-1-2-16(10-17)15-6-4-14(5-7-15)11-31(13-19(33)24(36)37)29-22(34)20-26-21(28-27-20)23(35)30-9-8-18(32)12-30/h1-7,10,18-19,32-33H,8-9,11-13H2,(H,29,34)(H,36,37)(H,26,27,28)/t18-,19?/m0/s1. The number of carboxylic acids is 1. The molecule has 1 aliphatic rings. The van der Waals surface area contributed by atoms with Crippen LogP contribution in [-0.2, 0) is 11.3 Å². The third kappa shape index (κ3) is 6.68. The highest BCUT2D eigenvalue weighted by Crippen LogP contribution is 2.23. The van der Waals surface area contributed by atoms with Crippen LogP contribution in [0.5, 0.6) is 0 Å². The largest absolute Gasteiger partial charge is 0.479 e. The number of carbonyl (C=O) groups excluding carboxylic acids is 2. The van der Waals surface area contributed by atoms with Crippen LogP contribution in [-0.4, -0.2) is 90.0 Å². The fourth-order valence-corrected chi connectivity index (χ4v) is 4.05. The fraction of sp³-hybridized carbons (Fsp3) is 0.292. The first kappa shape index (κ1) is 26.2. The van der Waals surface area contributed by atoms with E-state index in [9.17, 15) is 24.6 Å². The van der Waals surface area contributed by atoms with Crippen LogP contribution < -0.4 is 5.43 Å². The quantitative estimate of drug-likeness (QED) is 0.253. The molecule has 1 fully saturated rings. The van der Waals surface area contributed by atoms with Crippen molar-refractivity contribution in [3.63, 3.8) is 0 Å². The molecule has 194 valence electrons. The Morgan fingerprint density at radius 3 is 2.59 bits per heavy atom. The molecule has 37 heavy (non-hydrogen) atoms. The lowest BCUT2D eigenvalue weighted by atomic mass is 10.0. The van der Waals surface area contributed by atoms with Crippen molar-refractivity contribution in [1.82, 2.24) is 30.5 Å². The summed E-state index contributed by atoms with van der Waals surface area (Å²) in [6, 6.07) is 14.7. The number of β-amino-alcohol motifs (C(OH)–C–C–N with tert-alkyl or cyclic N) is 1. The molecule has 0 bridgehead atoms. The Balaban J connectivity index is 1.45. The number of aromatic nitrogens is 3. The summed E-state index contributed by atoms with van der Waals surface area (Å²) in [6.07, 6.45) is -1.92. The average molecular weight is 529 g/mol. The van der Waals surface area contributed by atoms with Crippen LogP contribution in [0.1, 0.15) is 33.2 Å². The summed E-state index contributed by atoms with van der Waals surface area (Å²) in [4.78, 5) is 41.8. The summed E-state index contributed by atoms with van der Waals surface area (Å²) in [5.74, 6) is -3.25. The molecule has 13 heteroatoms. The number of nitrogens with one attached hydrogen (secondary N) is 2. The third-order valence-corrected chi connectivity index (χ3v) is 6.00. The average Bonchev–Trinajstić information content (AvgIpc) is 3.53. The molecule has 2 amide bonds. The first-order valence-corrected chi connectivity index (χ1v) is 11.8. The number of aromatic amines is 1. The molecule has 0 aliphatic carbocycles. The Morgan fingerprint density at radius 2 is 1.95 bits per heavy atom. The van der Waals surface area contributed by atoms with Crippen LogP contribution in [0.2, 0.25) is 5.02 Å². The molecule has 0 spiro atoms. The molecular weight excluding hydrogens is 504 g/mol. The van der Waals surface area contributed by atoms with Crippen LogP contribution in [0.4, 0.5) is 0 Å². The van der Waals surface area contributed by atoms with E-state index in [2.05, 4.69) is 20.6 Å². The molecule has 1 unspecified atom stereocenters. The van der Waals surface area contributed by atoms with E-state index in [4.69, 9.17) is 16.7 Å². The highest BCUT2D eigenvalue weighted by Gasteiger charge is 2.29. The minimum atomic E-state index is -1.77. The number of hydrogen-bond acceptors (Lipinski definition) is 8. The Kier molecular flexibility index (Phi) is 8.14. The maximum atomic E-state index is 12.8. The number of hydrogen-bond donors (Lipinski definition) is 5. The van der Waals surface area contributed by atoms with Crippen molar-refractivity contribution in [2.24, 2.45) is 0 Å². The van der Waals surface area contributed by atoms with E-state index < -0.39 is 36.5 Å². The monoisotopic (exact) mass is 528 g/mol. The number of carbonyl (C=O) groups is 3. The zero-order valence-electron chi connectivity index (χ0n) is 19.5. The predicted octanol–water partition coefficient (Wildman–Crippen LogP) is 0.924. The number of hydrazine groups is 1. The van der Waals surface area contributed by atoms with Gasteiger partial charge in [0.05, 0.1) is 12.6 Å². The van der Waals surface area contributed by atoms with Crippen molar-refractivity contribution >= 4 is 29.4 Å². The first-order chi connectivity index (χ1) is 17.7. The van der Waals surface area contributed by atoms with Gasteiger partial charge < -0.3 is 20.2 Å². The van der Waals surface area contributed by atoms with Crippen molar-refractivity contribution in [1.29, 1.82) is 0 Å². The van der Waals surface area contributed by atoms with E-state index >= 15 is 0 Å². The molecule has 2 atom stereocenters. The number of aliphatic carboxylic acids is 1.